The van der Waals surface area contributed by atoms with Gasteiger partial charge in [0.2, 0.25) is 0 Å². The Bertz CT molecular complexity index is 623. The predicted octanol–water partition coefficient (Wildman–Crippen LogP) is 2.90. The number of hydrogen-bond donors (Lipinski definition) is 1. The van der Waals surface area contributed by atoms with Crippen molar-refractivity contribution in [3.8, 4) is 0 Å². The highest BCUT2D eigenvalue weighted by atomic mass is 35.5. The summed E-state index contributed by atoms with van der Waals surface area (Å²) >= 11 is 0. The molecular weight excluding hydrogens is 312 g/mol. The molecule has 0 bridgehead atoms. The molecule has 1 N–H and O–H groups in total. The number of anilines is 1. The molecule has 0 saturated carbocycles. The highest BCUT2D eigenvalue weighted by Gasteiger charge is 2.21. The lowest BCUT2D eigenvalue weighted by atomic mass is 10.1. The minimum atomic E-state index is -0.0452. The van der Waals surface area contributed by atoms with E-state index >= 15 is 0 Å². The number of aromatic nitrogens is 2. The van der Waals surface area contributed by atoms with E-state index in [9.17, 15) is 4.79 Å². The van der Waals surface area contributed by atoms with E-state index in [1.807, 2.05) is 54.2 Å². The first-order valence-electron chi connectivity index (χ1n) is 7.92. The average Bonchev–Trinajstić information content (AvgIpc) is 3.07. The van der Waals surface area contributed by atoms with Gasteiger partial charge < -0.3 is 10.2 Å². The Hall–Kier alpha value is -1.85. The fraction of sp³-hybridized carbons (Fsp3) is 0.412. The Kier molecular flexibility index (Phi) is 6.19. The third-order valence-corrected chi connectivity index (χ3v) is 4.10. The van der Waals surface area contributed by atoms with Crippen LogP contribution in [-0.2, 0) is 0 Å². The van der Waals surface area contributed by atoms with E-state index in [0.717, 1.165) is 31.6 Å². The summed E-state index contributed by atoms with van der Waals surface area (Å²) in [6.45, 7) is 4.60. The summed E-state index contributed by atoms with van der Waals surface area (Å²) in [6, 6.07) is 11.9. The minimum absolute atomic E-state index is 0. The molecule has 124 valence electrons. The molecule has 2 aromatic rings. The fourth-order valence-electron chi connectivity index (χ4n) is 2.90. The van der Waals surface area contributed by atoms with Crippen molar-refractivity contribution in [2.24, 2.45) is 0 Å². The molecule has 6 heteroatoms. The lowest BCUT2D eigenvalue weighted by molar-refractivity contribution is 0.0982. The molecule has 1 amide bonds. The summed E-state index contributed by atoms with van der Waals surface area (Å²) in [4.78, 5) is 14.5. The van der Waals surface area contributed by atoms with Crippen LogP contribution in [-0.4, -0.2) is 35.3 Å². The molecule has 2 heterocycles. The molecule has 0 spiro atoms. The number of nitrogens with zero attached hydrogens (tertiary/aromatic N) is 3. The van der Waals surface area contributed by atoms with Gasteiger partial charge in [-0.05, 0) is 44.5 Å². The van der Waals surface area contributed by atoms with Gasteiger partial charge in [0.1, 0.15) is 0 Å². The van der Waals surface area contributed by atoms with Crippen molar-refractivity contribution in [3.63, 3.8) is 0 Å². The first-order chi connectivity index (χ1) is 10.8. The number of hydrogen-bond acceptors (Lipinski definition) is 3. The van der Waals surface area contributed by atoms with Crippen LogP contribution < -0.4 is 10.2 Å². The SMILES string of the molecule is CCN(C(=O)c1ccn(C2CCCNC2)n1)c1ccccc1.Cl. The molecule has 1 saturated heterocycles. The monoisotopic (exact) mass is 334 g/mol. The standard InChI is InChI=1S/C17H22N4O.ClH/c1-2-20(14-7-4-3-5-8-14)17(22)16-10-12-21(19-16)15-9-6-11-18-13-15;/h3-5,7-8,10,12,15,18H,2,6,9,11,13H2,1H3;1H. The Morgan fingerprint density at radius 2 is 2.13 bits per heavy atom. The van der Waals surface area contributed by atoms with Crippen LogP contribution in [0.4, 0.5) is 5.69 Å². The Labute approximate surface area is 143 Å². The lowest BCUT2D eigenvalue weighted by Gasteiger charge is -2.23. The zero-order valence-corrected chi connectivity index (χ0v) is 14.1. The van der Waals surface area contributed by atoms with Crippen LogP contribution in [0.3, 0.4) is 0 Å². The zero-order chi connectivity index (χ0) is 15.4. The van der Waals surface area contributed by atoms with Crippen LogP contribution >= 0.6 is 12.4 Å². The van der Waals surface area contributed by atoms with Crippen LogP contribution in [0, 0.1) is 0 Å². The van der Waals surface area contributed by atoms with Crippen LogP contribution in [0.2, 0.25) is 0 Å². The second-order valence-corrected chi connectivity index (χ2v) is 5.57. The van der Waals surface area contributed by atoms with Crippen molar-refractivity contribution in [1.29, 1.82) is 0 Å². The second kappa shape index (κ2) is 8.13. The maximum Gasteiger partial charge on any atom is 0.278 e. The second-order valence-electron chi connectivity index (χ2n) is 5.57. The van der Waals surface area contributed by atoms with E-state index in [2.05, 4.69) is 10.4 Å². The quantitative estimate of drug-likeness (QED) is 0.935. The van der Waals surface area contributed by atoms with Crippen LogP contribution in [0.5, 0.6) is 0 Å². The van der Waals surface area contributed by atoms with Gasteiger partial charge in [0.05, 0.1) is 6.04 Å². The summed E-state index contributed by atoms with van der Waals surface area (Å²) in [5.74, 6) is -0.0452. The number of nitrogens with one attached hydrogen (secondary N) is 1. The van der Waals surface area contributed by atoms with Crippen molar-refractivity contribution in [3.05, 3.63) is 48.3 Å². The van der Waals surface area contributed by atoms with Gasteiger partial charge in [-0.15, -0.1) is 12.4 Å². The smallest absolute Gasteiger partial charge is 0.278 e. The number of carbonyl (C=O) groups excluding carboxylic acids is 1. The fourth-order valence-corrected chi connectivity index (χ4v) is 2.90. The van der Waals surface area contributed by atoms with Crippen LogP contribution in [0.25, 0.3) is 0 Å². The Morgan fingerprint density at radius 3 is 2.78 bits per heavy atom. The van der Waals surface area contributed by atoms with Gasteiger partial charge in [-0.1, -0.05) is 18.2 Å². The van der Waals surface area contributed by atoms with E-state index in [4.69, 9.17) is 0 Å². The maximum atomic E-state index is 12.7. The summed E-state index contributed by atoms with van der Waals surface area (Å²) in [7, 11) is 0. The van der Waals surface area contributed by atoms with Gasteiger partial charge in [0.25, 0.3) is 5.91 Å². The number of para-hydroxylation sites is 1. The third-order valence-electron chi connectivity index (χ3n) is 4.10. The van der Waals surface area contributed by atoms with E-state index in [1.165, 1.54) is 0 Å². The van der Waals surface area contributed by atoms with E-state index in [1.54, 1.807) is 4.90 Å². The van der Waals surface area contributed by atoms with Gasteiger partial charge in [0, 0.05) is 25.0 Å². The van der Waals surface area contributed by atoms with Crippen molar-refractivity contribution in [1.82, 2.24) is 15.1 Å². The number of piperidine rings is 1. The van der Waals surface area contributed by atoms with Crippen molar-refractivity contribution in [2.75, 3.05) is 24.5 Å². The van der Waals surface area contributed by atoms with Gasteiger partial charge in [-0.2, -0.15) is 5.10 Å². The van der Waals surface area contributed by atoms with E-state index in [-0.39, 0.29) is 18.3 Å². The summed E-state index contributed by atoms with van der Waals surface area (Å²) < 4.78 is 1.93. The molecule has 3 rings (SSSR count). The largest absolute Gasteiger partial charge is 0.315 e. The molecule has 5 nitrogen and oxygen atoms in total. The molecule has 1 fully saturated rings. The molecule has 1 unspecified atom stereocenters. The Morgan fingerprint density at radius 1 is 1.35 bits per heavy atom. The number of amides is 1. The summed E-state index contributed by atoms with van der Waals surface area (Å²) in [5, 5.41) is 7.89. The van der Waals surface area contributed by atoms with Gasteiger partial charge in [-0.25, -0.2) is 0 Å². The normalized spacial score (nSPS) is 17.3. The molecule has 1 aliphatic rings. The molecule has 1 atom stereocenters. The van der Waals surface area contributed by atoms with Crippen LogP contribution in [0.15, 0.2) is 42.6 Å². The maximum absolute atomic E-state index is 12.7. The Balaban J connectivity index is 0.00000192. The zero-order valence-electron chi connectivity index (χ0n) is 13.3. The summed E-state index contributed by atoms with van der Waals surface area (Å²) in [6.07, 6.45) is 4.18. The topological polar surface area (TPSA) is 50.2 Å². The molecular formula is C17H23ClN4O. The lowest BCUT2D eigenvalue weighted by Crippen LogP contribution is -2.33. The average molecular weight is 335 g/mol. The van der Waals surface area contributed by atoms with Crippen LogP contribution in [0.1, 0.15) is 36.3 Å². The first kappa shape index (κ1) is 17.5. The highest BCUT2D eigenvalue weighted by molar-refractivity contribution is 6.04. The predicted molar refractivity (Wildman–Crippen MR) is 94.4 cm³/mol. The number of carbonyl (C=O) groups is 1. The van der Waals surface area contributed by atoms with Gasteiger partial charge in [-0.3, -0.25) is 9.48 Å². The van der Waals surface area contributed by atoms with E-state index < -0.39 is 0 Å². The third kappa shape index (κ3) is 3.92. The first-order valence-corrected chi connectivity index (χ1v) is 7.92. The highest BCUT2D eigenvalue weighted by Crippen LogP contribution is 2.18. The van der Waals surface area contributed by atoms with Crippen molar-refractivity contribution < 1.29 is 4.79 Å². The number of benzene rings is 1. The number of halogens is 1. The number of rotatable bonds is 4. The molecule has 1 aromatic heterocycles. The van der Waals surface area contributed by atoms with Gasteiger partial charge in [0.15, 0.2) is 5.69 Å². The van der Waals surface area contributed by atoms with Crippen molar-refractivity contribution in [2.45, 2.75) is 25.8 Å². The molecule has 1 aliphatic heterocycles. The molecule has 0 radical (unpaired) electrons. The molecule has 0 aliphatic carbocycles. The van der Waals surface area contributed by atoms with E-state index in [0.29, 0.717) is 18.3 Å². The molecule has 1 aromatic carbocycles. The van der Waals surface area contributed by atoms with Gasteiger partial charge >= 0.3 is 0 Å². The van der Waals surface area contributed by atoms with Crippen molar-refractivity contribution >= 4 is 24.0 Å². The summed E-state index contributed by atoms with van der Waals surface area (Å²) in [5.41, 5.74) is 1.42. The minimum Gasteiger partial charge on any atom is -0.315 e. The molecule has 23 heavy (non-hydrogen) atoms.